The van der Waals surface area contributed by atoms with E-state index < -0.39 is 0 Å². The van der Waals surface area contributed by atoms with Crippen LogP contribution in [-0.4, -0.2) is 32.6 Å². The number of aryl methyl sites for hydroxylation is 2. The Morgan fingerprint density at radius 3 is 2.75 bits per heavy atom. The molecule has 0 saturated heterocycles. The number of amides is 1. The van der Waals surface area contributed by atoms with Gasteiger partial charge in [0.25, 0.3) is 5.91 Å². The van der Waals surface area contributed by atoms with E-state index >= 15 is 0 Å². The van der Waals surface area contributed by atoms with Gasteiger partial charge in [-0.05, 0) is 37.0 Å². The molecule has 8 heteroatoms. The number of rotatable bonds is 5. The Morgan fingerprint density at radius 1 is 1.45 bits per heavy atom. The zero-order chi connectivity index (χ0) is 14.7. The topological polar surface area (TPSA) is 59.8 Å². The molecule has 108 valence electrons. The molecule has 20 heavy (non-hydrogen) atoms. The minimum atomic E-state index is -0.0775. The number of aromatic nitrogens is 3. The summed E-state index contributed by atoms with van der Waals surface area (Å²) < 4.78 is 7.04. The van der Waals surface area contributed by atoms with E-state index in [2.05, 4.69) is 14.8 Å². The van der Waals surface area contributed by atoms with Crippen molar-refractivity contribution in [1.82, 2.24) is 19.5 Å². The molecular weight excluding hydrogens is 312 g/mol. The highest BCUT2D eigenvalue weighted by Gasteiger charge is 2.20. The number of thioether (sulfide) groups is 2. The van der Waals surface area contributed by atoms with E-state index in [1.807, 2.05) is 32.5 Å². The third-order valence-electron chi connectivity index (χ3n) is 2.76. The Morgan fingerprint density at radius 2 is 2.20 bits per heavy atom. The van der Waals surface area contributed by atoms with Crippen LogP contribution >= 0.6 is 35.1 Å². The summed E-state index contributed by atoms with van der Waals surface area (Å²) in [6.07, 6.45) is 3.89. The van der Waals surface area contributed by atoms with Crippen LogP contribution in [-0.2, 0) is 13.6 Å². The Hall–Kier alpha value is -0.990. The second-order valence-electron chi connectivity index (χ2n) is 4.14. The third-order valence-corrected chi connectivity index (χ3v) is 5.50. The van der Waals surface area contributed by atoms with Gasteiger partial charge in [-0.1, -0.05) is 0 Å². The van der Waals surface area contributed by atoms with E-state index in [9.17, 15) is 4.79 Å². The predicted octanol–water partition coefficient (Wildman–Crippen LogP) is 2.56. The van der Waals surface area contributed by atoms with Crippen molar-refractivity contribution in [2.45, 2.75) is 22.7 Å². The van der Waals surface area contributed by atoms with Crippen LogP contribution < -0.4 is 5.32 Å². The number of nitrogens with one attached hydrogen (secondary N) is 1. The summed E-state index contributed by atoms with van der Waals surface area (Å²) in [7, 11) is 1.88. The summed E-state index contributed by atoms with van der Waals surface area (Å²) in [5, 5.41) is 8.00. The molecule has 1 amide bonds. The summed E-state index contributed by atoms with van der Waals surface area (Å²) >= 11 is 4.42. The maximum Gasteiger partial charge on any atom is 0.256 e. The Kier molecular flexibility index (Phi) is 5.11. The lowest BCUT2D eigenvalue weighted by molar-refractivity contribution is 0.0944. The van der Waals surface area contributed by atoms with Crippen molar-refractivity contribution in [3.8, 4) is 0 Å². The van der Waals surface area contributed by atoms with Crippen LogP contribution in [0.5, 0.6) is 0 Å². The van der Waals surface area contributed by atoms with E-state index in [-0.39, 0.29) is 5.91 Å². The van der Waals surface area contributed by atoms with Crippen molar-refractivity contribution < 1.29 is 4.79 Å². The molecule has 0 saturated carbocycles. The Labute approximate surface area is 130 Å². The van der Waals surface area contributed by atoms with Gasteiger partial charge in [0.1, 0.15) is 5.03 Å². The number of hydrogen-bond donors (Lipinski definition) is 1. The lowest BCUT2D eigenvalue weighted by Crippen LogP contribution is -2.24. The van der Waals surface area contributed by atoms with Crippen LogP contribution in [0.4, 0.5) is 0 Å². The molecule has 2 aromatic rings. The van der Waals surface area contributed by atoms with Gasteiger partial charge < -0.3 is 5.32 Å². The van der Waals surface area contributed by atoms with Gasteiger partial charge in [-0.15, -0.1) is 23.5 Å². The van der Waals surface area contributed by atoms with E-state index in [4.69, 9.17) is 0 Å². The van der Waals surface area contributed by atoms with Crippen LogP contribution in [0.25, 0.3) is 0 Å². The lowest BCUT2D eigenvalue weighted by Gasteiger charge is -2.06. The predicted molar refractivity (Wildman–Crippen MR) is 84.8 cm³/mol. The second kappa shape index (κ2) is 6.64. The van der Waals surface area contributed by atoms with E-state index in [1.54, 1.807) is 16.4 Å². The van der Waals surface area contributed by atoms with Crippen molar-refractivity contribution in [2.24, 2.45) is 7.05 Å². The fourth-order valence-electron chi connectivity index (χ4n) is 1.82. The largest absolute Gasteiger partial charge is 0.346 e. The SMILES string of the molecule is CSc1nsc(SC)c1C(=O)NCc1cc(C)nn1C. The van der Waals surface area contributed by atoms with Crippen molar-refractivity contribution >= 4 is 41.0 Å². The van der Waals surface area contributed by atoms with Gasteiger partial charge in [-0.2, -0.15) is 9.47 Å². The van der Waals surface area contributed by atoms with Gasteiger partial charge in [0.05, 0.1) is 27.7 Å². The van der Waals surface area contributed by atoms with E-state index in [0.717, 1.165) is 20.6 Å². The maximum atomic E-state index is 12.4. The van der Waals surface area contributed by atoms with Crippen LogP contribution in [0.15, 0.2) is 15.3 Å². The monoisotopic (exact) mass is 328 g/mol. The zero-order valence-electron chi connectivity index (χ0n) is 11.8. The average molecular weight is 328 g/mol. The molecular formula is C12H16N4OS3. The zero-order valence-corrected chi connectivity index (χ0v) is 14.2. The number of nitrogens with zero attached hydrogens (tertiary/aromatic N) is 3. The molecule has 1 N–H and O–H groups in total. The molecule has 0 spiro atoms. The molecule has 0 aliphatic heterocycles. The fraction of sp³-hybridized carbons (Fsp3) is 0.417. The highest BCUT2D eigenvalue weighted by molar-refractivity contribution is 8.01. The lowest BCUT2D eigenvalue weighted by atomic mass is 10.3. The van der Waals surface area contributed by atoms with Crippen molar-refractivity contribution in [3.63, 3.8) is 0 Å². The first-order valence-corrected chi connectivity index (χ1v) is 9.14. The molecule has 0 atom stereocenters. The van der Waals surface area contributed by atoms with Crippen LogP contribution in [0, 0.1) is 6.92 Å². The molecule has 0 unspecified atom stereocenters. The first kappa shape index (κ1) is 15.4. The third kappa shape index (κ3) is 3.18. The van der Waals surface area contributed by atoms with Gasteiger partial charge in [-0.3, -0.25) is 9.48 Å². The van der Waals surface area contributed by atoms with Crippen molar-refractivity contribution in [2.75, 3.05) is 12.5 Å². The van der Waals surface area contributed by atoms with Gasteiger partial charge in [0.2, 0.25) is 0 Å². The molecule has 2 heterocycles. The summed E-state index contributed by atoms with van der Waals surface area (Å²) in [6, 6.07) is 1.97. The standard InChI is InChI=1S/C12H16N4OS3/c1-7-5-8(16(2)14-7)6-13-10(17)9-11(18-3)15-20-12(9)19-4/h5H,6H2,1-4H3,(H,13,17). The van der Waals surface area contributed by atoms with Crippen molar-refractivity contribution in [3.05, 3.63) is 23.0 Å². The molecule has 0 aromatic carbocycles. The van der Waals surface area contributed by atoms with Gasteiger partial charge in [-0.25, -0.2) is 0 Å². The molecule has 2 aromatic heterocycles. The minimum absolute atomic E-state index is 0.0775. The van der Waals surface area contributed by atoms with Crippen LogP contribution in [0.2, 0.25) is 0 Å². The highest BCUT2D eigenvalue weighted by Crippen LogP contribution is 2.32. The van der Waals surface area contributed by atoms with E-state index in [1.165, 1.54) is 23.3 Å². The Bertz CT molecular complexity index is 599. The Balaban J connectivity index is 2.12. The molecule has 0 fully saturated rings. The average Bonchev–Trinajstić information content (AvgIpc) is 2.98. The second-order valence-corrected chi connectivity index (χ2v) is 6.79. The van der Waals surface area contributed by atoms with Crippen molar-refractivity contribution in [1.29, 1.82) is 0 Å². The highest BCUT2D eigenvalue weighted by atomic mass is 32.2. The summed E-state index contributed by atoms with van der Waals surface area (Å²) in [6.45, 7) is 2.40. The van der Waals surface area contributed by atoms with Gasteiger partial charge in [0, 0.05) is 7.05 Å². The fourth-order valence-corrected chi connectivity index (χ4v) is 4.10. The molecule has 2 rings (SSSR count). The first-order valence-electron chi connectivity index (χ1n) is 5.92. The summed E-state index contributed by atoms with van der Waals surface area (Å²) in [4.78, 5) is 12.4. The number of carbonyl (C=O) groups is 1. The number of hydrogen-bond acceptors (Lipinski definition) is 6. The quantitative estimate of drug-likeness (QED) is 0.855. The maximum absolute atomic E-state index is 12.4. The summed E-state index contributed by atoms with van der Waals surface area (Å²) in [5.74, 6) is -0.0775. The van der Waals surface area contributed by atoms with E-state index in [0.29, 0.717) is 12.1 Å². The van der Waals surface area contributed by atoms with Gasteiger partial charge >= 0.3 is 0 Å². The molecule has 5 nitrogen and oxygen atoms in total. The number of carbonyl (C=O) groups excluding carboxylic acids is 1. The first-order chi connectivity index (χ1) is 9.56. The smallest absolute Gasteiger partial charge is 0.256 e. The molecule has 0 aliphatic rings. The minimum Gasteiger partial charge on any atom is -0.346 e. The summed E-state index contributed by atoms with van der Waals surface area (Å²) in [5.41, 5.74) is 2.62. The van der Waals surface area contributed by atoms with Gasteiger partial charge in [0.15, 0.2) is 0 Å². The molecule has 0 radical (unpaired) electrons. The molecule has 0 aliphatic carbocycles. The van der Waals surface area contributed by atoms with Crippen LogP contribution in [0.1, 0.15) is 21.7 Å². The van der Waals surface area contributed by atoms with Crippen LogP contribution in [0.3, 0.4) is 0 Å². The normalized spacial score (nSPS) is 10.8. The molecule has 0 bridgehead atoms.